The molecule has 2 heteroatoms. The van der Waals surface area contributed by atoms with Crippen LogP contribution >= 0.6 is 0 Å². The molecule has 1 N–H and O–H groups in total. The molecule has 4 aromatic rings. The van der Waals surface area contributed by atoms with Crippen LogP contribution in [0.1, 0.15) is 22.6 Å². The van der Waals surface area contributed by atoms with Gasteiger partial charge in [0.1, 0.15) is 5.75 Å². The average Bonchev–Trinajstić information content (AvgIpc) is 2.70. The molecule has 0 spiro atoms. The van der Waals surface area contributed by atoms with E-state index in [-0.39, 0.29) is 5.92 Å². The number of rotatable bonds is 4. The number of phenolic OH excluding ortho intramolecular Hbond substituents is 1. The Bertz CT molecular complexity index is 1070. The van der Waals surface area contributed by atoms with Crippen LogP contribution in [-0.4, -0.2) is 19.2 Å². The second kappa shape index (κ2) is 7.16. The minimum atomic E-state index is -0.0213. The van der Waals surface area contributed by atoms with E-state index in [0.29, 0.717) is 5.75 Å². The highest BCUT2D eigenvalue weighted by molar-refractivity contribution is 5.83. The van der Waals surface area contributed by atoms with E-state index in [1.54, 1.807) is 6.07 Å². The van der Waals surface area contributed by atoms with Gasteiger partial charge in [-0.05, 0) is 40.1 Å². The van der Waals surface area contributed by atoms with Crippen molar-refractivity contribution in [2.24, 2.45) is 0 Å². The predicted octanol–water partition coefficient (Wildman–Crippen LogP) is 5.79. The number of nitrogens with zero attached hydrogens (tertiary/aromatic N) is 1. The molecular formula is C25H23NO. The van der Waals surface area contributed by atoms with Gasteiger partial charge in [0.2, 0.25) is 0 Å². The van der Waals surface area contributed by atoms with Gasteiger partial charge in [0.05, 0.1) is 0 Å². The predicted molar refractivity (Wildman–Crippen MR) is 114 cm³/mol. The first-order valence-electron chi connectivity index (χ1n) is 9.17. The molecule has 0 heterocycles. The number of hydrogen-bond acceptors (Lipinski definition) is 2. The van der Waals surface area contributed by atoms with E-state index in [2.05, 4.69) is 71.6 Å². The molecule has 0 aliphatic carbocycles. The van der Waals surface area contributed by atoms with Crippen molar-refractivity contribution in [1.82, 2.24) is 0 Å². The van der Waals surface area contributed by atoms with E-state index in [9.17, 15) is 5.11 Å². The third kappa shape index (κ3) is 3.39. The van der Waals surface area contributed by atoms with Gasteiger partial charge in [0.25, 0.3) is 0 Å². The maximum Gasteiger partial charge on any atom is 0.119 e. The first-order chi connectivity index (χ1) is 13.1. The fourth-order valence-corrected chi connectivity index (χ4v) is 3.64. The number of phenols is 1. The highest BCUT2D eigenvalue weighted by Gasteiger charge is 2.20. The smallest absolute Gasteiger partial charge is 0.119 e. The second-order valence-electron chi connectivity index (χ2n) is 7.08. The number of fused-ring (bicyclic) bond motifs is 1. The zero-order chi connectivity index (χ0) is 18.8. The van der Waals surface area contributed by atoms with Crippen LogP contribution in [0.5, 0.6) is 5.75 Å². The van der Waals surface area contributed by atoms with Gasteiger partial charge in [-0.1, -0.05) is 72.8 Å². The maximum absolute atomic E-state index is 10.6. The molecule has 27 heavy (non-hydrogen) atoms. The molecule has 0 fully saturated rings. The van der Waals surface area contributed by atoms with Crippen LogP contribution in [0.25, 0.3) is 10.8 Å². The number of anilines is 1. The minimum absolute atomic E-state index is 0.0213. The normalized spacial score (nSPS) is 12.1. The summed E-state index contributed by atoms with van der Waals surface area (Å²) in [5.74, 6) is 0.305. The topological polar surface area (TPSA) is 23.5 Å². The van der Waals surface area contributed by atoms with Gasteiger partial charge in [-0.25, -0.2) is 0 Å². The summed E-state index contributed by atoms with van der Waals surface area (Å²) in [5.41, 5.74) is 4.42. The van der Waals surface area contributed by atoms with Crippen LogP contribution in [0.3, 0.4) is 0 Å². The summed E-state index contributed by atoms with van der Waals surface area (Å²) in [6.45, 7) is 0. The molecule has 1 atom stereocenters. The molecule has 4 rings (SSSR count). The molecule has 4 aromatic carbocycles. The van der Waals surface area contributed by atoms with Gasteiger partial charge < -0.3 is 10.0 Å². The van der Waals surface area contributed by atoms with Crippen molar-refractivity contribution in [3.8, 4) is 5.75 Å². The van der Waals surface area contributed by atoms with Crippen LogP contribution in [0.2, 0.25) is 0 Å². The zero-order valence-corrected chi connectivity index (χ0v) is 15.6. The Hall–Kier alpha value is -3.26. The van der Waals surface area contributed by atoms with Crippen LogP contribution in [0.4, 0.5) is 5.69 Å². The Kier molecular flexibility index (Phi) is 4.55. The van der Waals surface area contributed by atoms with Crippen molar-refractivity contribution in [2.45, 2.75) is 5.92 Å². The molecular weight excluding hydrogens is 330 g/mol. The van der Waals surface area contributed by atoms with Crippen LogP contribution in [0, 0.1) is 0 Å². The first-order valence-corrected chi connectivity index (χ1v) is 9.17. The summed E-state index contributed by atoms with van der Waals surface area (Å²) in [5, 5.41) is 13.0. The second-order valence-corrected chi connectivity index (χ2v) is 7.08. The Labute approximate surface area is 160 Å². The standard InChI is InChI=1S/C25H23NO/c1-26(2)22-15-13-19(14-16-22)25(23-9-5-6-10-24(23)27)21-12-11-18-7-3-4-8-20(18)17-21/h3-17,25,27H,1-2H3. The third-order valence-electron chi connectivity index (χ3n) is 5.10. The Balaban J connectivity index is 1.88. The van der Waals surface area contributed by atoms with Crippen LogP contribution in [-0.2, 0) is 0 Å². The fourth-order valence-electron chi connectivity index (χ4n) is 3.64. The summed E-state index contributed by atoms with van der Waals surface area (Å²) in [6, 6.07) is 31.1. The van der Waals surface area contributed by atoms with Gasteiger partial charge in [0.15, 0.2) is 0 Å². The molecule has 2 nitrogen and oxygen atoms in total. The van der Waals surface area contributed by atoms with Crippen molar-refractivity contribution in [3.05, 3.63) is 108 Å². The zero-order valence-electron chi connectivity index (χ0n) is 15.6. The molecule has 0 radical (unpaired) electrons. The lowest BCUT2D eigenvalue weighted by Crippen LogP contribution is -2.09. The number of benzene rings is 4. The molecule has 0 saturated heterocycles. The number of hydrogen-bond donors (Lipinski definition) is 1. The van der Waals surface area contributed by atoms with Gasteiger partial charge in [-0.3, -0.25) is 0 Å². The van der Waals surface area contributed by atoms with Crippen LogP contribution in [0.15, 0.2) is 91.0 Å². The van der Waals surface area contributed by atoms with Gasteiger partial charge in [-0.15, -0.1) is 0 Å². The highest BCUT2D eigenvalue weighted by Crippen LogP contribution is 2.38. The maximum atomic E-state index is 10.6. The van der Waals surface area contributed by atoms with Crippen molar-refractivity contribution in [2.75, 3.05) is 19.0 Å². The Morgan fingerprint density at radius 1 is 0.667 bits per heavy atom. The quantitative estimate of drug-likeness (QED) is 0.469. The summed E-state index contributed by atoms with van der Waals surface area (Å²) >= 11 is 0. The SMILES string of the molecule is CN(C)c1ccc(C(c2ccc3ccccc3c2)c2ccccc2O)cc1. The van der Waals surface area contributed by atoms with E-state index < -0.39 is 0 Å². The summed E-state index contributed by atoms with van der Waals surface area (Å²) in [7, 11) is 4.08. The molecule has 1 unspecified atom stereocenters. The van der Waals surface area contributed by atoms with Gasteiger partial charge in [0, 0.05) is 31.3 Å². The van der Waals surface area contributed by atoms with E-state index in [0.717, 1.165) is 16.8 Å². The van der Waals surface area contributed by atoms with E-state index in [1.807, 2.05) is 32.3 Å². The molecule has 0 saturated carbocycles. The molecule has 0 aliphatic rings. The molecule has 0 amide bonds. The van der Waals surface area contributed by atoms with E-state index in [1.165, 1.54) is 16.3 Å². The van der Waals surface area contributed by atoms with Crippen molar-refractivity contribution in [3.63, 3.8) is 0 Å². The molecule has 134 valence electrons. The average molecular weight is 353 g/mol. The van der Waals surface area contributed by atoms with Crippen LogP contribution < -0.4 is 4.90 Å². The van der Waals surface area contributed by atoms with Gasteiger partial charge in [-0.2, -0.15) is 0 Å². The lowest BCUT2D eigenvalue weighted by Gasteiger charge is -2.21. The molecule has 0 aliphatic heterocycles. The fraction of sp³-hybridized carbons (Fsp3) is 0.120. The monoisotopic (exact) mass is 353 g/mol. The highest BCUT2D eigenvalue weighted by atomic mass is 16.3. The molecule has 0 bridgehead atoms. The Morgan fingerprint density at radius 2 is 1.30 bits per heavy atom. The summed E-state index contributed by atoms with van der Waals surface area (Å²) in [6.07, 6.45) is 0. The van der Waals surface area contributed by atoms with Crippen molar-refractivity contribution < 1.29 is 5.11 Å². The van der Waals surface area contributed by atoms with Crippen molar-refractivity contribution in [1.29, 1.82) is 0 Å². The third-order valence-corrected chi connectivity index (χ3v) is 5.10. The van der Waals surface area contributed by atoms with E-state index >= 15 is 0 Å². The number of aromatic hydroxyl groups is 1. The lowest BCUT2D eigenvalue weighted by atomic mass is 9.84. The van der Waals surface area contributed by atoms with Gasteiger partial charge >= 0.3 is 0 Å². The van der Waals surface area contributed by atoms with E-state index in [4.69, 9.17) is 0 Å². The largest absolute Gasteiger partial charge is 0.508 e. The molecule has 0 aromatic heterocycles. The number of para-hydroxylation sites is 1. The van der Waals surface area contributed by atoms with Crippen molar-refractivity contribution >= 4 is 16.5 Å². The lowest BCUT2D eigenvalue weighted by molar-refractivity contribution is 0.467. The first kappa shape index (κ1) is 17.2. The summed E-state index contributed by atoms with van der Waals surface area (Å²) in [4.78, 5) is 2.09. The summed E-state index contributed by atoms with van der Waals surface area (Å²) < 4.78 is 0. The minimum Gasteiger partial charge on any atom is -0.508 e. The Morgan fingerprint density at radius 3 is 2.00 bits per heavy atom.